The van der Waals surface area contributed by atoms with E-state index in [1.807, 2.05) is 12.1 Å². The van der Waals surface area contributed by atoms with E-state index in [-0.39, 0.29) is 0 Å². The van der Waals surface area contributed by atoms with Crippen molar-refractivity contribution in [3.8, 4) is 0 Å². The Bertz CT molecular complexity index is 694. The summed E-state index contributed by atoms with van der Waals surface area (Å²) in [4.78, 5) is 8.90. The molecule has 3 rings (SSSR count). The number of para-hydroxylation sites is 1. The van der Waals surface area contributed by atoms with Gasteiger partial charge in [-0.1, -0.05) is 36.8 Å². The summed E-state index contributed by atoms with van der Waals surface area (Å²) in [7, 11) is 0. The fourth-order valence-corrected chi connectivity index (χ4v) is 3.07. The van der Waals surface area contributed by atoms with E-state index in [0.29, 0.717) is 5.95 Å². The summed E-state index contributed by atoms with van der Waals surface area (Å²) in [5.74, 6) is 1.51. The van der Waals surface area contributed by atoms with Crippen molar-refractivity contribution in [1.82, 2.24) is 9.97 Å². The van der Waals surface area contributed by atoms with Gasteiger partial charge in [0, 0.05) is 18.4 Å². The van der Waals surface area contributed by atoms with Gasteiger partial charge in [0.2, 0.25) is 5.95 Å². The van der Waals surface area contributed by atoms with Crippen molar-refractivity contribution in [2.24, 2.45) is 0 Å². The molecule has 1 aromatic carbocycles. The van der Waals surface area contributed by atoms with Gasteiger partial charge in [0.05, 0.1) is 0 Å². The summed E-state index contributed by atoms with van der Waals surface area (Å²) < 4.78 is 0. The quantitative estimate of drug-likeness (QED) is 0.698. The highest BCUT2D eigenvalue weighted by Gasteiger charge is 2.05. The second-order valence-electron chi connectivity index (χ2n) is 6.19. The van der Waals surface area contributed by atoms with Crippen LogP contribution in [0, 0.1) is 0 Å². The molecular formula is C20H26N4. The zero-order chi connectivity index (χ0) is 16.6. The van der Waals surface area contributed by atoms with Crippen molar-refractivity contribution < 1.29 is 0 Å². The van der Waals surface area contributed by atoms with Crippen LogP contribution in [0.4, 0.5) is 17.5 Å². The van der Waals surface area contributed by atoms with Crippen LogP contribution in [0.3, 0.4) is 0 Å². The van der Waals surface area contributed by atoms with Gasteiger partial charge in [0.25, 0.3) is 0 Å². The first-order valence-electron chi connectivity index (χ1n) is 8.95. The summed E-state index contributed by atoms with van der Waals surface area (Å²) in [6, 6.07) is 10.2. The lowest BCUT2D eigenvalue weighted by Gasteiger charge is -2.13. The second-order valence-corrected chi connectivity index (χ2v) is 6.19. The summed E-state index contributed by atoms with van der Waals surface area (Å²) >= 11 is 0. The van der Waals surface area contributed by atoms with Crippen LogP contribution in [0.15, 0.2) is 48.2 Å². The highest BCUT2D eigenvalue weighted by atomic mass is 15.1. The lowest BCUT2D eigenvalue weighted by molar-refractivity contribution is 0.679. The number of allylic oxidation sites excluding steroid dienone is 1. The van der Waals surface area contributed by atoms with Crippen LogP contribution in [-0.2, 0) is 6.42 Å². The van der Waals surface area contributed by atoms with Crippen LogP contribution in [0.1, 0.15) is 44.6 Å². The highest BCUT2D eigenvalue weighted by Crippen LogP contribution is 2.21. The van der Waals surface area contributed by atoms with Gasteiger partial charge in [0.15, 0.2) is 0 Å². The lowest BCUT2D eigenvalue weighted by Crippen LogP contribution is -2.08. The summed E-state index contributed by atoms with van der Waals surface area (Å²) in [6.07, 6.45) is 11.4. The van der Waals surface area contributed by atoms with Crippen molar-refractivity contribution in [1.29, 1.82) is 0 Å². The molecule has 2 N–H and O–H groups in total. The molecule has 0 radical (unpaired) electrons. The SMILES string of the molecule is CCc1ccccc1Nc1ccnc(NCCC2=CCCCC2)n1. The van der Waals surface area contributed by atoms with Crippen LogP contribution in [0.25, 0.3) is 0 Å². The predicted octanol–water partition coefficient (Wildman–Crippen LogP) is 5.09. The predicted molar refractivity (Wildman–Crippen MR) is 101 cm³/mol. The monoisotopic (exact) mass is 322 g/mol. The molecule has 1 aliphatic carbocycles. The highest BCUT2D eigenvalue weighted by molar-refractivity contribution is 5.61. The van der Waals surface area contributed by atoms with Crippen molar-refractivity contribution in [2.45, 2.75) is 45.4 Å². The molecule has 2 aromatic rings. The van der Waals surface area contributed by atoms with Crippen molar-refractivity contribution in [2.75, 3.05) is 17.2 Å². The first-order chi connectivity index (χ1) is 11.8. The minimum Gasteiger partial charge on any atom is -0.354 e. The van der Waals surface area contributed by atoms with E-state index in [1.54, 1.807) is 11.8 Å². The number of nitrogens with one attached hydrogen (secondary N) is 2. The summed E-state index contributed by atoms with van der Waals surface area (Å²) in [6.45, 7) is 3.05. The second kappa shape index (κ2) is 8.48. The molecule has 4 heteroatoms. The Morgan fingerprint density at radius 1 is 1.12 bits per heavy atom. The van der Waals surface area contributed by atoms with E-state index in [0.717, 1.165) is 30.9 Å². The van der Waals surface area contributed by atoms with E-state index in [9.17, 15) is 0 Å². The summed E-state index contributed by atoms with van der Waals surface area (Å²) in [5.41, 5.74) is 3.96. The van der Waals surface area contributed by atoms with E-state index in [2.05, 4.69) is 51.8 Å². The Morgan fingerprint density at radius 2 is 2.04 bits per heavy atom. The number of rotatable bonds is 7. The first kappa shape index (κ1) is 16.5. The molecule has 24 heavy (non-hydrogen) atoms. The molecule has 0 fully saturated rings. The van der Waals surface area contributed by atoms with Gasteiger partial charge in [-0.2, -0.15) is 4.98 Å². The molecule has 0 spiro atoms. The van der Waals surface area contributed by atoms with E-state index in [1.165, 1.54) is 31.2 Å². The third-order valence-electron chi connectivity index (χ3n) is 4.43. The van der Waals surface area contributed by atoms with Gasteiger partial charge >= 0.3 is 0 Å². The standard InChI is InChI=1S/C20H26N4/c1-2-17-10-6-7-11-18(17)23-19-13-15-22-20(24-19)21-14-12-16-8-4-3-5-9-16/h6-8,10-11,13,15H,2-5,9,12,14H2,1H3,(H2,21,22,23,24). The smallest absolute Gasteiger partial charge is 0.224 e. The molecule has 0 aliphatic heterocycles. The molecule has 0 unspecified atom stereocenters. The van der Waals surface area contributed by atoms with Gasteiger partial charge in [-0.25, -0.2) is 4.98 Å². The minimum atomic E-state index is 0.686. The third-order valence-corrected chi connectivity index (χ3v) is 4.43. The molecule has 126 valence electrons. The normalized spacial score (nSPS) is 14.1. The van der Waals surface area contributed by atoms with Crippen molar-refractivity contribution in [3.05, 3.63) is 53.7 Å². The average Bonchev–Trinajstić information content (AvgIpc) is 2.63. The third kappa shape index (κ3) is 4.57. The van der Waals surface area contributed by atoms with Gasteiger partial charge in [-0.15, -0.1) is 0 Å². The molecule has 0 atom stereocenters. The Balaban J connectivity index is 1.58. The average molecular weight is 322 g/mol. The largest absolute Gasteiger partial charge is 0.354 e. The van der Waals surface area contributed by atoms with E-state index in [4.69, 9.17) is 0 Å². The Morgan fingerprint density at radius 3 is 2.88 bits per heavy atom. The number of hydrogen-bond donors (Lipinski definition) is 2. The topological polar surface area (TPSA) is 49.8 Å². The Kier molecular flexibility index (Phi) is 5.83. The van der Waals surface area contributed by atoms with E-state index < -0.39 is 0 Å². The fraction of sp³-hybridized carbons (Fsp3) is 0.400. The molecular weight excluding hydrogens is 296 g/mol. The molecule has 0 bridgehead atoms. The first-order valence-corrected chi connectivity index (χ1v) is 8.95. The number of benzene rings is 1. The molecule has 0 saturated heterocycles. The zero-order valence-electron chi connectivity index (χ0n) is 14.4. The molecule has 1 heterocycles. The van der Waals surface area contributed by atoms with Gasteiger partial charge in [0.1, 0.15) is 5.82 Å². The van der Waals surface area contributed by atoms with Crippen LogP contribution in [0.2, 0.25) is 0 Å². The number of aromatic nitrogens is 2. The van der Waals surface area contributed by atoms with Gasteiger partial charge in [-0.3, -0.25) is 0 Å². The number of nitrogens with zero attached hydrogens (tertiary/aromatic N) is 2. The molecule has 4 nitrogen and oxygen atoms in total. The molecule has 0 saturated carbocycles. The Hall–Kier alpha value is -2.36. The van der Waals surface area contributed by atoms with Crippen molar-refractivity contribution >= 4 is 17.5 Å². The number of aryl methyl sites for hydroxylation is 1. The summed E-state index contributed by atoms with van der Waals surface area (Å²) in [5, 5.41) is 6.74. The van der Waals surface area contributed by atoms with Crippen LogP contribution < -0.4 is 10.6 Å². The van der Waals surface area contributed by atoms with E-state index >= 15 is 0 Å². The Labute approximate surface area is 144 Å². The van der Waals surface area contributed by atoms with Crippen molar-refractivity contribution in [3.63, 3.8) is 0 Å². The van der Waals surface area contributed by atoms with Crippen LogP contribution in [-0.4, -0.2) is 16.5 Å². The lowest BCUT2D eigenvalue weighted by atomic mass is 9.97. The maximum absolute atomic E-state index is 4.57. The number of hydrogen-bond acceptors (Lipinski definition) is 4. The molecule has 1 aliphatic rings. The van der Waals surface area contributed by atoms with Crippen LogP contribution >= 0.6 is 0 Å². The van der Waals surface area contributed by atoms with Crippen LogP contribution in [0.5, 0.6) is 0 Å². The minimum absolute atomic E-state index is 0.686. The number of anilines is 3. The zero-order valence-corrected chi connectivity index (χ0v) is 14.4. The fourth-order valence-electron chi connectivity index (χ4n) is 3.07. The molecule has 0 amide bonds. The maximum atomic E-state index is 4.57. The van der Waals surface area contributed by atoms with Gasteiger partial charge in [-0.05, 0) is 56.2 Å². The molecule has 1 aromatic heterocycles. The maximum Gasteiger partial charge on any atom is 0.224 e. The van der Waals surface area contributed by atoms with Gasteiger partial charge < -0.3 is 10.6 Å².